The Kier molecular flexibility index (Phi) is 5.04. The van der Waals surface area contributed by atoms with E-state index in [-0.39, 0.29) is 11.9 Å². The zero-order chi connectivity index (χ0) is 19.0. The summed E-state index contributed by atoms with van der Waals surface area (Å²) in [6.45, 7) is 8.33. The second kappa shape index (κ2) is 7.47. The summed E-state index contributed by atoms with van der Waals surface area (Å²) in [4.78, 5) is 21.8. The Morgan fingerprint density at radius 2 is 2.11 bits per heavy atom. The topological polar surface area (TPSA) is 48.5 Å². The average Bonchev–Trinajstić information content (AvgIpc) is 3.21. The molecule has 2 aromatic rings. The third kappa shape index (κ3) is 3.79. The summed E-state index contributed by atoms with van der Waals surface area (Å²) < 4.78 is 0. The van der Waals surface area contributed by atoms with E-state index in [9.17, 15) is 4.79 Å². The van der Waals surface area contributed by atoms with Gasteiger partial charge in [0.15, 0.2) is 0 Å². The Balaban J connectivity index is 1.44. The molecule has 3 heterocycles. The van der Waals surface area contributed by atoms with Crippen LogP contribution in [0.4, 0.5) is 5.69 Å². The summed E-state index contributed by atoms with van der Waals surface area (Å²) >= 11 is 0. The van der Waals surface area contributed by atoms with Gasteiger partial charge in [0, 0.05) is 43.3 Å². The standard InChI is InChI=1S/C22H30N4O/c1-15-6-7-20(18-5-4-9-23-22(15)18)26-12-16(2)19(14-26)24-21(27)11-17-8-10-25(3)13-17/h4-7,9,16-17,19H,8,10-14H2,1-3H3,(H,24,27)/t16?,17?,19-/m0/s1. The molecule has 4 rings (SSSR count). The van der Waals surface area contributed by atoms with E-state index >= 15 is 0 Å². The highest BCUT2D eigenvalue weighted by atomic mass is 16.1. The number of anilines is 1. The molecule has 2 aliphatic heterocycles. The van der Waals surface area contributed by atoms with Gasteiger partial charge in [-0.25, -0.2) is 0 Å². The third-order valence-corrected chi connectivity index (χ3v) is 6.21. The molecule has 0 radical (unpaired) electrons. The first-order valence-electron chi connectivity index (χ1n) is 10.1. The van der Waals surface area contributed by atoms with Crippen LogP contribution in [0.3, 0.4) is 0 Å². The molecule has 0 spiro atoms. The number of nitrogens with zero attached hydrogens (tertiary/aromatic N) is 3. The minimum absolute atomic E-state index is 0.212. The van der Waals surface area contributed by atoms with Gasteiger partial charge >= 0.3 is 0 Å². The van der Waals surface area contributed by atoms with Crippen LogP contribution in [-0.4, -0.2) is 55.1 Å². The van der Waals surface area contributed by atoms with Crippen LogP contribution in [-0.2, 0) is 4.79 Å². The number of amides is 1. The number of hydrogen-bond acceptors (Lipinski definition) is 4. The van der Waals surface area contributed by atoms with E-state index < -0.39 is 0 Å². The Bertz CT molecular complexity index is 836. The van der Waals surface area contributed by atoms with Crippen molar-refractivity contribution in [3.05, 3.63) is 36.0 Å². The molecule has 2 unspecified atom stereocenters. The monoisotopic (exact) mass is 366 g/mol. The molecule has 5 nitrogen and oxygen atoms in total. The van der Waals surface area contributed by atoms with Gasteiger partial charge in [-0.15, -0.1) is 0 Å². The number of fused-ring (bicyclic) bond motifs is 1. The first-order chi connectivity index (χ1) is 13.0. The van der Waals surface area contributed by atoms with Crippen LogP contribution in [0, 0.1) is 18.8 Å². The number of nitrogens with one attached hydrogen (secondary N) is 1. The van der Waals surface area contributed by atoms with Gasteiger partial charge in [-0.3, -0.25) is 9.78 Å². The molecule has 1 N–H and O–H groups in total. The summed E-state index contributed by atoms with van der Waals surface area (Å²) in [5.74, 6) is 1.16. The molecule has 1 aromatic carbocycles. The Morgan fingerprint density at radius 1 is 1.26 bits per heavy atom. The maximum Gasteiger partial charge on any atom is 0.220 e. The summed E-state index contributed by atoms with van der Waals surface area (Å²) in [7, 11) is 2.13. The molecule has 2 aliphatic rings. The van der Waals surface area contributed by atoms with Crippen molar-refractivity contribution in [3.63, 3.8) is 0 Å². The lowest BCUT2D eigenvalue weighted by Gasteiger charge is -2.21. The normalized spacial score (nSPS) is 26.0. The molecule has 27 heavy (non-hydrogen) atoms. The van der Waals surface area contributed by atoms with Gasteiger partial charge in [0.1, 0.15) is 0 Å². The molecule has 144 valence electrons. The Morgan fingerprint density at radius 3 is 2.89 bits per heavy atom. The molecule has 2 saturated heterocycles. The highest BCUT2D eigenvalue weighted by Crippen LogP contribution is 2.32. The van der Waals surface area contributed by atoms with E-state index in [4.69, 9.17) is 0 Å². The number of aryl methyl sites for hydroxylation is 1. The van der Waals surface area contributed by atoms with Crippen molar-refractivity contribution in [2.45, 2.75) is 32.7 Å². The second-order valence-corrected chi connectivity index (χ2v) is 8.48. The molecule has 3 atom stereocenters. The number of hydrogen-bond donors (Lipinski definition) is 1. The molecular formula is C22H30N4O. The van der Waals surface area contributed by atoms with E-state index in [0.717, 1.165) is 38.1 Å². The van der Waals surface area contributed by atoms with Gasteiger partial charge in [-0.05, 0) is 62.5 Å². The molecule has 0 aliphatic carbocycles. The largest absolute Gasteiger partial charge is 0.369 e. The lowest BCUT2D eigenvalue weighted by Crippen LogP contribution is -2.40. The fourth-order valence-corrected chi connectivity index (χ4v) is 4.65. The summed E-state index contributed by atoms with van der Waals surface area (Å²) in [5.41, 5.74) is 3.50. The van der Waals surface area contributed by atoms with Crippen molar-refractivity contribution in [3.8, 4) is 0 Å². The molecule has 1 aromatic heterocycles. The number of carbonyl (C=O) groups excluding carboxylic acids is 1. The molecule has 0 bridgehead atoms. The number of carbonyl (C=O) groups is 1. The number of rotatable bonds is 4. The fraction of sp³-hybridized carbons (Fsp3) is 0.545. The van der Waals surface area contributed by atoms with Crippen LogP contribution in [0.5, 0.6) is 0 Å². The van der Waals surface area contributed by atoms with E-state index in [1.165, 1.54) is 16.6 Å². The predicted molar refractivity (Wildman–Crippen MR) is 110 cm³/mol. The van der Waals surface area contributed by atoms with Crippen molar-refractivity contribution in [2.75, 3.05) is 38.1 Å². The van der Waals surface area contributed by atoms with Gasteiger partial charge in [-0.2, -0.15) is 0 Å². The van der Waals surface area contributed by atoms with Crippen LogP contribution in [0.15, 0.2) is 30.5 Å². The van der Waals surface area contributed by atoms with Gasteiger partial charge in [0.2, 0.25) is 5.91 Å². The first-order valence-corrected chi connectivity index (χ1v) is 10.1. The maximum absolute atomic E-state index is 12.5. The van der Waals surface area contributed by atoms with E-state index in [1.54, 1.807) is 0 Å². The molecule has 0 saturated carbocycles. The molecule has 2 fully saturated rings. The highest BCUT2D eigenvalue weighted by Gasteiger charge is 2.32. The SMILES string of the molecule is Cc1ccc(N2CC(C)[C@@H](NC(=O)CC3CCN(C)C3)C2)c2cccnc12. The molecule has 1 amide bonds. The van der Waals surface area contributed by atoms with Crippen molar-refractivity contribution >= 4 is 22.5 Å². The van der Waals surface area contributed by atoms with Crippen molar-refractivity contribution in [1.82, 2.24) is 15.2 Å². The summed E-state index contributed by atoms with van der Waals surface area (Å²) in [5, 5.41) is 4.51. The minimum atomic E-state index is 0.212. The van der Waals surface area contributed by atoms with Gasteiger partial charge in [-0.1, -0.05) is 13.0 Å². The second-order valence-electron chi connectivity index (χ2n) is 8.48. The highest BCUT2D eigenvalue weighted by molar-refractivity contribution is 5.94. The molecular weight excluding hydrogens is 336 g/mol. The van der Waals surface area contributed by atoms with Crippen LogP contribution >= 0.6 is 0 Å². The number of benzene rings is 1. The van der Waals surface area contributed by atoms with Gasteiger partial charge < -0.3 is 15.1 Å². The van der Waals surface area contributed by atoms with Crippen molar-refractivity contribution in [1.29, 1.82) is 0 Å². The van der Waals surface area contributed by atoms with Crippen LogP contribution in [0.2, 0.25) is 0 Å². The summed E-state index contributed by atoms with van der Waals surface area (Å²) in [6, 6.07) is 8.72. The zero-order valence-electron chi connectivity index (χ0n) is 16.6. The summed E-state index contributed by atoms with van der Waals surface area (Å²) in [6.07, 6.45) is 3.65. The van der Waals surface area contributed by atoms with Gasteiger partial charge in [0.25, 0.3) is 0 Å². The minimum Gasteiger partial charge on any atom is -0.369 e. The van der Waals surface area contributed by atoms with Crippen LogP contribution < -0.4 is 10.2 Å². The average molecular weight is 367 g/mol. The van der Waals surface area contributed by atoms with Crippen LogP contribution in [0.1, 0.15) is 25.3 Å². The number of aromatic nitrogens is 1. The third-order valence-electron chi connectivity index (χ3n) is 6.21. The van der Waals surface area contributed by atoms with E-state index in [2.05, 4.69) is 59.2 Å². The molecule has 5 heteroatoms. The first kappa shape index (κ1) is 18.2. The Hall–Kier alpha value is -2.14. The Labute approximate surface area is 161 Å². The van der Waals surface area contributed by atoms with Crippen molar-refractivity contribution in [2.24, 2.45) is 11.8 Å². The lowest BCUT2D eigenvalue weighted by atomic mass is 10.0. The lowest BCUT2D eigenvalue weighted by molar-refractivity contribution is -0.122. The number of pyridine rings is 1. The quantitative estimate of drug-likeness (QED) is 0.904. The van der Waals surface area contributed by atoms with Gasteiger partial charge in [0.05, 0.1) is 11.6 Å². The van der Waals surface area contributed by atoms with E-state index in [1.807, 2.05) is 12.3 Å². The maximum atomic E-state index is 12.5. The zero-order valence-corrected chi connectivity index (χ0v) is 16.6. The van der Waals surface area contributed by atoms with Crippen molar-refractivity contribution < 1.29 is 4.79 Å². The van der Waals surface area contributed by atoms with Crippen LogP contribution in [0.25, 0.3) is 10.9 Å². The fourth-order valence-electron chi connectivity index (χ4n) is 4.65. The predicted octanol–water partition coefficient (Wildman–Crippen LogP) is 2.83. The number of likely N-dealkylation sites (tertiary alicyclic amines) is 1. The smallest absolute Gasteiger partial charge is 0.220 e. The van der Waals surface area contributed by atoms with E-state index in [0.29, 0.717) is 18.3 Å².